The number of hydrogen-bond donors (Lipinski definition) is 6. The van der Waals surface area contributed by atoms with Gasteiger partial charge in [-0.3, -0.25) is 19.6 Å². The van der Waals surface area contributed by atoms with Crippen LogP contribution in [0.15, 0.2) is 66.7 Å². The molecule has 0 fully saturated rings. The van der Waals surface area contributed by atoms with Crippen molar-refractivity contribution in [3.63, 3.8) is 0 Å². The van der Waals surface area contributed by atoms with E-state index in [9.17, 15) is 27.9 Å². The van der Waals surface area contributed by atoms with Crippen molar-refractivity contribution in [3.8, 4) is 11.1 Å². The summed E-state index contributed by atoms with van der Waals surface area (Å²) in [5.41, 5.74) is 7.66. The smallest absolute Gasteiger partial charge is 0.336 e. The van der Waals surface area contributed by atoms with Crippen molar-refractivity contribution in [2.24, 2.45) is 11.7 Å². The van der Waals surface area contributed by atoms with Gasteiger partial charge in [0, 0.05) is 28.9 Å². The van der Waals surface area contributed by atoms with Crippen LogP contribution in [0.4, 0.5) is 5.69 Å². The summed E-state index contributed by atoms with van der Waals surface area (Å²) in [6.45, 7) is 4.40. The summed E-state index contributed by atoms with van der Waals surface area (Å²) >= 11 is 0. The third-order valence-corrected chi connectivity index (χ3v) is 5.10. The lowest BCUT2D eigenvalue weighted by Gasteiger charge is -2.14. The van der Waals surface area contributed by atoms with Crippen molar-refractivity contribution in [2.75, 3.05) is 18.1 Å². The first-order valence-corrected chi connectivity index (χ1v) is 13.5. The Labute approximate surface area is 226 Å². The highest BCUT2D eigenvalue weighted by atomic mass is 32.2. The van der Waals surface area contributed by atoms with Gasteiger partial charge in [-0.1, -0.05) is 38.1 Å². The zero-order valence-electron chi connectivity index (χ0n) is 21.6. The lowest BCUT2D eigenvalue weighted by atomic mass is 9.93. The van der Waals surface area contributed by atoms with E-state index in [0.29, 0.717) is 35.2 Å². The van der Waals surface area contributed by atoms with Crippen LogP contribution in [0.25, 0.3) is 11.1 Å². The Kier molecular flexibility index (Phi) is 10.5. The number of carboxylic acid groups (broad SMARTS) is 1. The highest BCUT2D eigenvalue weighted by Gasteiger charge is 2.20. The zero-order chi connectivity index (χ0) is 29.3. The fourth-order valence-corrected chi connectivity index (χ4v) is 3.34. The third-order valence-electron chi connectivity index (χ3n) is 5.10. The first-order chi connectivity index (χ1) is 18.2. The maximum Gasteiger partial charge on any atom is 0.336 e. The van der Waals surface area contributed by atoms with Gasteiger partial charge in [0.25, 0.3) is 21.9 Å². The van der Waals surface area contributed by atoms with Gasteiger partial charge in [-0.05, 0) is 59.5 Å². The second-order valence-electron chi connectivity index (χ2n) is 8.89. The molecule has 0 radical (unpaired) electrons. The molecule has 0 aliphatic rings. The average Bonchev–Trinajstić information content (AvgIpc) is 2.86. The predicted molar refractivity (Wildman–Crippen MR) is 149 cm³/mol. The standard InChI is InChI=1S/C26H26N4O4.CH4O3S/c1-15(2)14-29-24(31)17-9-12-20(22(13-17)26(33)34)19-5-3-4-6-21(19)25(32)30-18-10-7-16(8-11-18)23(27)28;1-5(2,3)4/h3-13,15H,14H2,1-2H3,(H3,27,28)(H,29,31)(H,30,32)(H,33,34);1H3,(H,2,3,4). The molecule has 3 aromatic carbocycles. The molecule has 39 heavy (non-hydrogen) atoms. The molecule has 0 saturated carbocycles. The van der Waals surface area contributed by atoms with E-state index in [1.807, 2.05) is 13.8 Å². The Hall–Kier alpha value is -4.55. The number of anilines is 1. The molecule has 0 bridgehead atoms. The van der Waals surface area contributed by atoms with E-state index in [1.165, 1.54) is 6.07 Å². The number of nitrogens with one attached hydrogen (secondary N) is 3. The summed E-state index contributed by atoms with van der Waals surface area (Å²) in [5, 5.41) is 22.8. The molecule has 0 aliphatic heterocycles. The van der Waals surface area contributed by atoms with E-state index >= 15 is 0 Å². The molecule has 11 nitrogen and oxygen atoms in total. The van der Waals surface area contributed by atoms with Gasteiger partial charge in [0.05, 0.1) is 11.8 Å². The van der Waals surface area contributed by atoms with E-state index < -0.39 is 22.0 Å². The SMILES string of the molecule is CC(C)CNC(=O)c1ccc(-c2ccccc2C(=O)Nc2ccc(C(=N)N)cc2)c(C(=O)O)c1.CS(=O)(=O)O. The normalized spacial score (nSPS) is 10.7. The number of amidine groups is 1. The molecule has 3 aromatic rings. The van der Waals surface area contributed by atoms with Crippen LogP contribution in [0.5, 0.6) is 0 Å². The molecular formula is C27H30N4O7S. The highest BCUT2D eigenvalue weighted by molar-refractivity contribution is 7.85. The van der Waals surface area contributed by atoms with Gasteiger partial charge in [-0.2, -0.15) is 8.42 Å². The molecule has 0 atom stereocenters. The minimum Gasteiger partial charge on any atom is -0.478 e. The minimum atomic E-state index is -3.67. The maximum absolute atomic E-state index is 13.0. The monoisotopic (exact) mass is 554 g/mol. The van der Waals surface area contributed by atoms with Crippen molar-refractivity contribution < 1.29 is 32.5 Å². The van der Waals surface area contributed by atoms with Crippen molar-refractivity contribution in [1.29, 1.82) is 5.41 Å². The molecule has 0 saturated heterocycles. The van der Waals surface area contributed by atoms with E-state index in [-0.39, 0.29) is 34.4 Å². The van der Waals surface area contributed by atoms with Gasteiger partial charge in [0.1, 0.15) is 5.84 Å². The van der Waals surface area contributed by atoms with E-state index in [2.05, 4.69) is 10.6 Å². The van der Waals surface area contributed by atoms with Crippen molar-refractivity contribution in [3.05, 3.63) is 89.0 Å². The number of carbonyl (C=O) groups excluding carboxylic acids is 2. The Morgan fingerprint density at radius 1 is 0.897 bits per heavy atom. The van der Waals surface area contributed by atoms with Gasteiger partial charge in [-0.15, -0.1) is 0 Å². The van der Waals surface area contributed by atoms with Crippen LogP contribution in [0, 0.1) is 11.3 Å². The van der Waals surface area contributed by atoms with Gasteiger partial charge >= 0.3 is 5.97 Å². The van der Waals surface area contributed by atoms with Crippen LogP contribution in [0.2, 0.25) is 0 Å². The number of benzene rings is 3. The number of carboxylic acids is 1. The molecule has 206 valence electrons. The molecule has 0 heterocycles. The quantitative estimate of drug-likeness (QED) is 0.138. The topological polar surface area (TPSA) is 200 Å². The van der Waals surface area contributed by atoms with Gasteiger partial charge in [0.2, 0.25) is 0 Å². The van der Waals surface area contributed by atoms with Crippen LogP contribution in [-0.2, 0) is 10.1 Å². The Balaban J connectivity index is 0.000000976. The largest absolute Gasteiger partial charge is 0.478 e. The van der Waals surface area contributed by atoms with E-state index in [0.717, 1.165) is 0 Å². The zero-order valence-corrected chi connectivity index (χ0v) is 22.4. The van der Waals surface area contributed by atoms with Crippen LogP contribution in [-0.4, -0.2) is 54.5 Å². The lowest BCUT2D eigenvalue weighted by molar-refractivity contribution is 0.0697. The highest BCUT2D eigenvalue weighted by Crippen LogP contribution is 2.29. The molecule has 3 rings (SSSR count). The first kappa shape index (κ1) is 30.7. The number of nitrogens with two attached hydrogens (primary N) is 1. The van der Waals surface area contributed by atoms with Crippen LogP contribution in [0.1, 0.15) is 50.5 Å². The molecule has 0 aliphatic carbocycles. The fraction of sp³-hybridized carbons (Fsp3) is 0.185. The maximum atomic E-state index is 13.0. The van der Waals surface area contributed by atoms with Crippen molar-refractivity contribution in [2.45, 2.75) is 13.8 Å². The minimum absolute atomic E-state index is 0.0780. The number of nitrogen functional groups attached to an aromatic ring is 1. The number of amides is 2. The summed E-state index contributed by atoms with van der Waals surface area (Å²) in [6, 6.07) is 17.6. The molecule has 0 unspecified atom stereocenters. The Morgan fingerprint density at radius 2 is 1.44 bits per heavy atom. The molecular weight excluding hydrogens is 524 g/mol. The number of carbonyl (C=O) groups is 3. The predicted octanol–water partition coefficient (Wildman–Crippen LogP) is 3.48. The van der Waals surface area contributed by atoms with E-state index in [4.69, 9.17) is 15.7 Å². The Morgan fingerprint density at radius 3 is 1.97 bits per heavy atom. The van der Waals surface area contributed by atoms with E-state index in [1.54, 1.807) is 60.7 Å². The summed E-state index contributed by atoms with van der Waals surface area (Å²) in [7, 11) is -3.67. The second-order valence-corrected chi connectivity index (χ2v) is 10.4. The van der Waals surface area contributed by atoms with Crippen LogP contribution < -0.4 is 16.4 Å². The second kappa shape index (κ2) is 13.3. The summed E-state index contributed by atoms with van der Waals surface area (Å²) in [4.78, 5) is 37.5. The van der Waals surface area contributed by atoms with Crippen molar-refractivity contribution in [1.82, 2.24) is 5.32 Å². The van der Waals surface area contributed by atoms with Crippen LogP contribution in [0.3, 0.4) is 0 Å². The van der Waals surface area contributed by atoms with Gasteiger partial charge < -0.3 is 21.5 Å². The molecule has 7 N–H and O–H groups in total. The third kappa shape index (κ3) is 9.68. The molecule has 12 heteroatoms. The average molecular weight is 555 g/mol. The summed E-state index contributed by atoms with van der Waals surface area (Å²) in [6.07, 6.45) is 0.715. The fourth-order valence-electron chi connectivity index (χ4n) is 3.34. The number of rotatable bonds is 8. The first-order valence-electron chi connectivity index (χ1n) is 11.6. The molecule has 0 spiro atoms. The van der Waals surface area contributed by atoms with Gasteiger partial charge in [0.15, 0.2) is 0 Å². The Bertz CT molecular complexity index is 1480. The lowest BCUT2D eigenvalue weighted by Crippen LogP contribution is -2.27. The van der Waals surface area contributed by atoms with Gasteiger partial charge in [-0.25, -0.2) is 4.79 Å². The molecule has 0 aromatic heterocycles. The summed E-state index contributed by atoms with van der Waals surface area (Å²) < 4.78 is 25.9. The number of aromatic carboxylic acids is 1. The number of hydrogen-bond acceptors (Lipinski definition) is 6. The summed E-state index contributed by atoms with van der Waals surface area (Å²) in [5.74, 6) is -1.82. The van der Waals surface area contributed by atoms with Crippen molar-refractivity contribution >= 4 is 39.4 Å². The van der Waals surface area contributed by atoms with Crippen LogP contribution >= 0.6 is 0 Å². The molecule has 2 amide bonds.